The number of carboxylic acids is 2. The number of benzene rings is 4. The van der Waals surface area contributed by atoms with Gasteiger partial charge >= 0.3 is 11.9 Å². The zero-order valence-electron chi connectivity index (χ0n) is 33.8. The van der Waals surface area contributed by atoms with E-state index in [1.54, 1.807) is 60.7 Å². The van der Waals surface area contributed by atoms with Gasteiger partial charge in [0.2, 0.25) is 12.6 Å². The first-order valence-electron chi connectivity index (χ1n) is 20.6. The van der Waals surface area contributed by atoms with Crippen LogP contribution in [0.2, 0.25) is 0 Å². The zero-order chi connectivity index (χ0) is 44.5. The van der Waals surface area contributed by atoms with Crippen LogP contribution in [0.1, 0.15) is 47.9 Å². The summed E-state index contributed by atoms with van der Waals surface area (Å²) in [6, 6.07) is 24.9. The number of carbonyl (C=O) groups is 2. The zero-order valence-corrected chi connectivity index (χ0v) is 33.8. The average Bonchev–Trinajstić information content (AvgIpc) is 3.25. The molecular formula is C46H54O16. The number of rotatable bonds is 19. The number of aliphatic hydroxyl groups excluding tert-OH is 8. The number of hydrogen-bond acceptors (Lipinski definition) is 14. The van der Waals surface area contributed by atoms with Crippen molar-refractivity contribution in [3.63, 3.8) is 0 Å². The molecular weight excluding hydrogens is 808 g/mol. The van der Waals surface area contributed by atoms with Crippen LogP contribution < -0.4 is 9.47 Å². The molecule has 334 valence electrons. The van der Waals surface area contributed by atoms with E-state index in [0.717, 1.165) is 36.8 Å². The van der Waals surface area contributed by atoms with Crippen molar-refractivity contribution in [2.24, 2.45) is 0 Å². The van der Waals surface area contributed by atoms with Crippen LogP contribution in [0.15, 0.2) is 84.9 Å². The van der Waals surface area contributed by atoms with Crippen molar-refractivity contribution >= 4 is 11.9 Å². The maximum atomic E-state index is 11.5. The summed E-state index contributed by atoms with van der Waals surface area (Å²) in [5, 5.41) is 101. The van der Waals surface area contributed by atoms with E-state index in [1.807, 2.05) is 24.3 Å². The summed E-state index contributed by atoms with van der Waals surface area (Å²) in [6.45, 7) is -1.23. The van der Waals surface area contributed by atoms with Crippen LogP contribution in [0.5, 0.6) is 11.5 Å². The second kappa shape index (κ2) is 21.4. The van der Waals surface area contributed by atoms with E-state index >= 15 is 0 Å². The molecule has 0 aromatic heterocycles. The molecule has 10 atom stereocenters. The van der Waals surface area contributed by atoms with Gasteiger partial charge in [-0.3, -0.25) is 9.59 Å². The van der Waals surface area contributed by atoms with Gasteiger partial charge < -0.3 is 70.0 Å². The first-order valence-corrected chi connectivity index (χ1v) is 20.6. The van der Waals surface area contributed by atoms with Gasteiger partial charge in [-0.2, -0.15) is 0 Å². The molecule has 2 saturated heterocycles. The van der Waals surface area contributed by atoms with E-state index in [0.29, 0.717) is 46.2 Å². The van der Waals surface area contributed by atoms with Crippen molar-refractivity contribution in [2.75, 3.05) is 13.2 Å². The first kappa shape index (κ1) is 46.5. The van der Waals surface area contributed by atoms with Crippen LogP contribution in [0.25, 0.3) is 22.3 Å². The van der Waals surface area contributed by atoms with Crippen molar-refractivity contribution in [1.82, 2.24) is 0 Å². The molecule has 0 amide bonds. The van der Waals surface area contributed by atoms with Gasteiger partial charge in [0.1, 0.15) is 60.3 Å². The Kier molecular flexibility index (Phi) is 16.1. The Balaban J connectivity index is 1.13. The van der Waals surface area contributed by atoms with Gasteiger partial charge in [-0.15, -0.1) is 0 Å². The van der Waals surface area contributed by atoms with Crippen molar-refractivity contribution in [3.8, 4) is 33.8 Å². The van der Waals surface area contributed by atoms with E-state index in [2.05, 4.69) is 0 Å². The number of aliphatic hydroxyl groups is 8. The Morgan fingerprint density at radius 1 is 0.484 bits per heavy atom. The maximum Gasteiger partial charge on any atom is 0.307 e. The molecule has 62 heavy (non-hydrogen) atoms. The van der Waals surface area contributed by atoms with Crippen LogP contribution in [-0.2, 0) is 44.7 Å². The summed E-state index contributed by atoms with van der Waals surface area (Å²) in [5.41, 5.74) is 5.56. The van der Waals surface area contributed by atoms with Crippen LogP contribution >= 0.6 is 0 Å². The van der Waals surface area contributed by atoms with E-state index in [9.17, 15) is 60.7 Å². The lowest BCUT2D eigenvalue weighted by atomic mass is 9.95. The Morgan fingerprint density at radius 3 is 1.26 bits per heavy atom. The summed E-state index contributed by atoms with van der Waals surface area (Å²) < 4.78 is 23.3. The standard InChI is InChI=1S/C46H54O16/c47-23-35-39(53)41(55)43(57)45(61-35)59-33-15-13-25(19-31(33)29-11-5-9-27(17-29)21-37(49)50)7-3-1-2-4-8-26-14-16-34(60-46-44(58)42(56)40(54)36(24-48)62-46)32(20-26)30-12-6-10-28(18-30)22-38(51)52/h5-6,9-20,35-36,39-48,53-58H,1-4,7-8,21-24H2,(H,49,50)(H,51,52)/t35-,36-,39+,40+,41?,42?,43+,44+,45?,46?/m0/s1. The van der Waals surface area contributed by atoms with Crippen molar-refractivity contribution < 1.29 is 79.6 Å². The molecule has 4 aromatic rings. The highest BCUT2D eigenvalue weighted by Crippen LogP contribution is 2.37. The first-order chi connectivity index (χ1) is 29.8. The molecule has 0 radical (unpaired) electrons. The highest BCUT2D eigenvalue weighted by molar-refractivity contribution is 5.76. The fourth-order valence-corrected chi connectivity index (χ4v) is 7.76. The second-order valence-corrected chi connectivity index (χ2v) is 15.7. The molecule has 2 fully saturated rings. The molecule has 16 heteroatoms. The average molecular weight is 863 g/mol. The van der Waals surface area contributed by atoms with E-state index in [4.69, 9.17) is 18.9 Å². The van der Waals surface area contributed by atoms with Gasteiger partial charge in [0.05, 0.1) is 26.1 Å². The summed E-state index contributed by atoms with van der Waals surface area (Å²) in [6.07, 6.45) is -10.3. The summed E-state index contributed by atoms with van der Waals surface area (Å²) in [5.74, 6) is -1.42. The third kappa shape index (κ3) is 11.5. The Labute approximate surface area is 357 Å². The molecule has 2 heterocycles. The number of ether oxygens (including phenoxy) is 4. The minimum Gasteiger partial charge on any atom is -0.481 e. The fourth-order valence-electron chi connectivity index (χ4n) is 7.76. The van der Waals surface area contributed by atoms with Gasteiger partial charge in [-0.1, -0.05) is 73.5 Å². The molecule has 10 N–H and O–H groups in total. The van der Waals surface area contributed by atoms with E-state index in [-0.39, 0.29) is 24.3 Å². The van der Waals surface area contributed by atoms with Crippen molar-refractivity contribution in [2.45, 2.75) is 113 Å². The third-order valence-electron chi connectivity index (χ3n) is 11.1. The number of unbranched alkanes of at least 4 members (excludes halogenated alkanes) is 3. The summed E-state index contributed by atoms with van der Waals surface area (Å²) >= 11 is 0. The van der Waals surface area contributed by atoms with Gasteiger partial charge in [0.15, 0.2) is 0 Å². The molecule has 0 aliphatic carbocycles. The minimum absolute atomic E-state index is 0.197. The Hall–Kier alpha value is -4.98. The van der Waals surface area contributed by atoms with Crippen LogP contribution in [0, 0.1) is 0 Å². The summed E-state index contributed by atoms with van der Waals surface area (Å²) in [4.78, 5) is 23.0. The number of aryl methyl sites for hydroxylation is 2. The molecule has 0 saturated carbocycles. The fraction of sp³-hybridized carbons (Fsp3) is 0.435. The molecule has 4 aromatic carbocycles. The number of carboxylic acid groups (broad SMARTS) is 2. The molecule has 4 unspecified atom stereocenters. The van der Waals surface area contributed by atoms with Crippen LogP contribution in [0.3, 0.4) is 0 Å². The highest BCUT2D eigenvalue weighted by atomic mass is 16.7. The van der Waals surface area contributed by atoms with Gasteiger partial charge in [0.25, 0.3) is 0 Å². The third-order valence-corrected chi connectivity index (χ3v) is 11.1. The van der Waals surface area contributed by atoms with Crippen LogP contribution in [0.4, 0.5) is 0 Å². The lowest BCUT2D eigenvalue weighted by Gasteiger charge is -2.39. The smallest absolute Gasteiger partial charge is 0.307 e. The van der Waals surface area contributed by atoms with Crippen molar-refractivity contribution in [1.29, 1.82) is 0 Å². The van der Waals surface area contributed by atoms with Gasteiger partial charge in [-0.05, 0) is 83.3 Å². The number of aliphatic carboxylic acids is 2. The lowest BCUT2D eigenvalue weighted by molar-refractivity contribution is -0.277. The highest BCUT2D eigenvalue weighted by Gasteiger charge is 2.46. The predicted octanol–water partition coefficient (Wildman–Crippen LogP) is 1.98. The predicted molar refractivity (Wildman–Crippen MR) is 221 cm³/mol. The SMILES string of the molecule is O=C(O)Cc1cccc(-c2cc(CCCCCCc3ccc(OC4O[C@@H](CO)[C@@H](O)C(O)[C@H]4O)c(-c4cccc(CC(=O)O)c4)c3)ccc2OC2O[C@@H](CO)[C@@H](O)C(O)[C@H]2O)c1. The molecule has 16 nitrogen and oxygen atoms in total. The molecule has 2 aliphatic rings. The van der Waals surface area contributed by atoms with Gasteiger partial charge in [0, 0.05) is 11.1 Å². The normalized spacial score (nSPS) is 26.2. The number of hydrogen-bond donors (Lipinski definition) is 10. The van der Waals surface area contributed by atoms with Crippen LogP contribution in [-0.4, -0.2) is 138 Å². The van der Waals surface area contributed by atoms with E-state index < -0.39 is 86.6 Å². The molecule has 6 rings (SSSR count). The van der Waals surface area contributed by atoms with Crippen molar-refractivity contribution in [3.05, 3.63) is 107 Å². The molecule has 0 spiro atoms. The quantitative estimate of drug-likeness (QED) is 0.0604. The monoisotopic (exact) mass is 862 g/mol. The Morgan fingerprint density at radius 2 is 0.887 bits per heavy atom. The summed E-state index contributed by atoms with van der Waals surface area (Å²) in [7, 11) is 0. The van der Waals surface area contributed by atoms with E-state index in [1.165, 1.54) is 0 Å². The molecule has 0 bridgehead atoms. The largest absolute Gasteiger partial charge is 0.481 e. The lowest BCUT2D eigenvalue weighted by Crippen LogP contribution is -2.60. The minimum atomic E-state index is -1.63. The topological polar surface area (TPSA) is 273 Å². The molecule has 2 aliphatic heterocycles. The second-order valence-electron chi connectivity index (χ2n) is 15.7. The Bertz CT molecular complexity index is 1970. The maximum absolute atomic E-state index is 11.5. The van der Waals surface area contributed by atoms with Gasteiger partial charge in [-0.25, -0.2) is 0 Å².